The third kappa shape index (κ3) is 2.92. The van der Waals surface area contributed by atoms with Gasteiger partial charge in [0.1, 0.15) is 0 Å². The van der Waals surface area contributed by atoms with Crippen molar-refractivity contribution in [2.45, 2.75) is 34.0 Å². The van der Waals surface area contributed by atoms with Crippen LogP contribution in [0.1, 0.15) is 27.7 Å². The van der Waals surface area contributed by atoms with E-state index in [1.54, 1.807) is 7.11 Å². The summed E-state index contributed by atoms with van der Waals surface area (Å²) in [4.78, 5) is 0. The molecule has 1 rings (SSSR count). The number of methoxy groups -OCH3 is 1. The molecule has 90 valence electrons. The van der Waals surface area contributed by atoms with E-state index in [2.05, 4.69) is 27.7 Å². The molecule has 0 atom stereocenters. The van der Waals surface area contributed by atoms with Crippen LogP contribution in [-0.2, 0) is 14.2 Å². The summed E-state index contributed by atoms with van der Waals surface area (Å²) in [5, 5.41) is 0. The summed E-state index contributed by atoms with van der Waals surface area (Å²) >= 11 is 0. The van der Waals surface area contributed by atoms with Crippen LogP contribution in [0, 0.1) is 17.3 Å². The highest BCUT2D eigenvalue weighted by Crippen LogP contribution is 2.34. The molecule has 1 aliphatic rings. The highest BCUT2D eigenvalue weighted by atomic mass is 16.7. The van der Waals surface area contributed by atoms with Gasteiger partial charge < -0.3 is 14.2 Å². The lowest BCUT2D eigenvalue weighted by molar-refractivity contribution is -0.262. The fraction of sp³-hybridized carbons (Fsp3) is 1.00. The highest BCUT2D eigenvalue weighted by molar-refractivity contribution is 4.85. The van der Waals surface area contributed by atoms with Gasteiger partial charge in [-0.2, -0.15) is 0 Å². The molecule has 0 N–H and O–H groups in total. The van der Waals surface area contributed by atoms with Crippen LogP contribution in [0.15, 0.2) is 0 Å². The highest BCUT2D eigenvalue weighted by Gasteiger charge is 2.40. The summed E-state index contributed by atoms with van der Waals surface area (Å²) in [6, 6.07) is 0. The van der Waals surface area contributed by atoms with Gasteiger partial charge in [0.25, 0.3) is 0 Å². The van der Waals surface area contributed by atoms with Gasteiger partial charge in [-0.1, -0.05) is 27.7 Å². The fourth-order valence-corrected chi connectivity index (χ4v) is 1.84. The molecule has 1 saturated heterocycles. The van der Waals surface area contributed by atoms with Gasteiger partial charge in [0, 0.05) is 18.4 Å². The van der Waals surface area contributed by atoms with Crippen molar-refractivity contribution in [1.29, 1.82) is 0 Å². The second kappa shape index (κ2) is 5.28. The lowest BCUT2D eigenvalue weighted by Gasteiger charge is -2.43. The van der Waals surface area contributed by atoms with E-state index >= 15 is 0 Å². The van der Waals surface area contributed by atoms with Crippen LogP contribution in [0.25, 0.3) is 0 Å². The Morgan fingerprint density at radius 2 is 1.73 bits per heavy atom. The predicted molar refractivity (Wildman–Crippen MR) is 59.7 cm³/mol. The quantitative estimate of drug-likeness (QED) is 0.721. The molecule has 0 spiro atoms. The second-order valence-electron chi connectivity index (χ2n) is 5.18. The normalized spacial score (nSPS) is 32.6. The van der Waals surface area contributed by atoms with E-state index in [0.717, 1.165) is 13.2 Å². The Balaban J connectivity index is 2.57. The minimum Gasteiger partial charge on any atom is -0.384 e. The SMILES string of the molecule is COCC1(C(C)C)COC(C(C)C)OC1. The summed E-state index contributed by atoms with van der Waals surface area (Å²) in [6.07, 6.45) is -0.0475. The minimum absolute atomic E-state index is 0.0279. The van der Waals surface area contributed by atoms with Gasteiger partial charge in [-0.25, -0.2) is 0 Å². The van der Waals surface area contributed by atoms with Gasteiger partial charge in [0.15, 0.2) is 6.29 Å². The third-order valence-corrected chi connectivity index (χ3v) is 3.27. The van der Waals surface area contributed by atoms with E-state index in [1.807, 2.05) is 0 Å². The molecule has 1 fully saturated rings. The smallest absolute Gasteiger partial charge is 0.159 e. The van der Waals surface area contributed by atoms with Gasteiger partial charge in [0.2, 0.25) is 0 Å². The number of hydrogen-bond donors (Lipinski definition) is 0. The Morgan fingerprint density at radius 3 is 2.07 bits per heavy atom. The van der Waals surface area contributed by atoms with Gasteiger partial charge >= 0.3 is 0 Å². The van der Waals surface area contributed by atoms with E-state index in [-0.39, 0.29) is 11.7 Å². The molecule has 0 radical (unpaired) electrons. The van der Waals surface area contributed by atoms with Crippen molar-refractivity contribution in [2.75, 3.05) is 26.9 Å². The molecule has 0 saturated carbocycles. The van der Waals surface area contributed by atoms with Crippen molar-refractivity contribution in [3.05, 3.63) is 0 Å². The van der Waals surface area contributed by atoms with E-state index in [9.17, 15) is 0 Å². The van der Waals surface area contributed by atoms with Crippen molar-refractivity contribution >= 4 is 0 Å². The first-order valence-electron chi connectivity index (χ1n) is 5.74. The average molecular weight is 216 g/mol. The fourth-order valence-electron chi connectivity index (χ4n) is 1.84. The standard InChI is InChI=1S/C12H24O3/c1-9(2)11-14-7-12(6-13-5,8-15-11)10(3)4/h9-11H,6-8H2,1-5H3. The zero-order valence-corrected chi connectivity index (χ0v) is 10.6. The lowest BCUT2D eigenvalue weighted by Crippen LogP contribution is -2.49. The molecule has 15 heavy (non-hydrogen) atoms. The Hall–Kier alpha value is -0.120. The first kappa shape index (κ1) is 12.9. The summed E-state index contributed by atoms with van der Waals surface area (Å²) in [5.41, 5.74) is 0.0279. The molecule has 3 nitrogen and oxygen atoms in total. The van der Waals surface area contributed by atoms with Crippen LogP contribution in [0.4, 0.5) is 0 Å². The number of ether oxygens (including phenoxy) is 3. The maximum atomic E-state index is 5.77. The molecular formula is C12H24O3. The summed E-state index contributed by atoms with van der Waals surface area (Å²) in [6.45, 7) is 10.8. The van der Waals surface area contributed by atoms with Crippen molar-refractivity contribution in [2.24, 2.45) is 17.3 Å². The number of hydrogen-bond acceptors (Lipinski definition) is 3. The van der Waals surface area contributed by atoms with E-state index in [0.29, 0.717) is 18.4 Å². The van der Waals surface area contributed by atoms with Gasteiger partial charge in [-0.3, -0.25) is 0 Å². The molecule has 1 aliphatic heterocycles. The number of rotatable bonds is 4. The molecule has 0 aromatic heterocycles. The van der Waals surface area contributed by atoms with E-state index in [1.165, 1.54) is 0 Å². The van der Waals surface area contributed by atoms with Gasteiger partial charge in [-0.15, -0.1) is 0 Å². The minimum atomic E-state index is -0.0475. The largest absolute Gasteiger partial charge is 0.384 e. The van der Waals surface area contributed by atoms with Crippen LogP contribution in [0.3, 0.4) is 0 Å². The van der Waals surface area contributed by atoms with Gasteiger partial charge in [0.05, 0.1) is 19.8 Å². The molecule has 0 aromatic carbocycles. The Kier molecular flexibility index (Phi) is 4.56. The molecular weight excluding hydrogens is 192 g/mol. The maximum Gasteiger partial charge on any atom is 0.159 e. The van der Waals surface area contributed by atoms with Crippen molar-refractivity contribution in [1.82, 2.24) is 0 Å². The molecule has 0 aliphatic carbocycles. The van der Waals surface area contributed by atoms with Crippen LogP contribution in [-0.4, -0.2) is 33.2 Å². The van der Waals surface area contributed by atoms with E-state index < -0.39 is 0 Å². The maximum absolute atomic E-state index is 5.77. The van der Waals surface area contributed by atoms with Crippen LogP contribution in [0.5, 0.6) is 0 Å². The third-order valence-electron chi connectivity index (χ3n) is 3.27. The summed E-state index contributed by atoms with van der Waals surface area (Å²) in [5.74, 6) is 0.920. The molecule has 0 aromatic rings. The monoisotopic (exact) mass is 216 g/mol. The van der Waals surface area contributed by atoms with Gasteiger partial charge in [-0.05, 0) is 5.92 Å². The molecule has 0 bridgehead atoms. The first-order valence-corrected chi connectivity index (χ1v) is 5.74. The van der Waals surface area contributed by atoms with Crippen molar-refractivity contribution in [3.63, 3.8) is 0 Å². The predicted octanol–water partition coefficient (Wildman–Crippen LogP) is 2.30. The average Bonchev–Trinajstić information content (AvgIpc) is 2.18. The van der Waals surface area contributed by atoms with Crippen LogP contribution in [0.2, 0.25) is 0 Å². The van der Waals surface area contributed by atoms with Crippen LogP contribution >= 0.6 is 0 Å². The lowest BCUT2D eigenvalue weighted by atomic mass is 9.78. The van der Waals surface area contributed by atoms with Crippen molar-refractivity contribution < 1.29 is 14.2 Å². The zero-order chi connectivity index (χ0) is 11.5. The first-order chi connectivity index (χ1) is 7.02. The summed E-state index contributed by atoms with van der Waals surface area (Å²) < 4.78 is 16.8. The topological polar surface area (TPSA) is 27.7 Å². The molecule has 3 heteroatoms. The Morgan fingerprint density at radius 1 is 1.20 bits per heavy atom. The Labute approximate surface area is 93.1 Å². The van der Waals surface area contributed by atoms with Crippen molar-refractivity contribution in [3.8, 4) is 0 Å². The second-order valence-corrected chi connectivity index (χ2v) is 5.18. The molecule has 0 amide bonds. The zero-order valence-electron chi connectivity index (χ0n) is 10.6. The molecule has 0 unspecified atom stereocenters. The van der Waals surface area contributed by atoms with Crippen LogP contribution < -0.4 is 0 Å². The molecule has 1 heterocycles. The van der Waals surface area contributed by atoms with E-state index in [4.69, 9.17) is 14.2 Å². The Bertz CT molecular complexity index is 181. The summed E-state index contributed by atoms with van der Waals surface area (Å²) in [7, 11) is 1.73.